The van der Waals surface area contributed by atoms with Gasteiger partial charge in [0, 0.05) is 40.1 Å². The summed E-state index contributed by atoms with van der Waals surface area (Å²) >= 11 is 0. The lowest BCUT2D eigenvalue weighted by Crippen LogP contribution is -2.52. The van der Waals surface area contributed by atoms with Gasteiger partial charge < -0.3 is 9.64 Å². The number of benzene rings is 1. The fraction of sp³-hybridized carbons (Fsp3) is 0.455. The van der Waals surface area contributed by atoms with Gasteiger partial charge in [0.1, 0.15) is 0 Å². The zero-order valence-corrected chi connectivity index (χ0v) is 17.7. The van der Waals surface area contributed by atoms with Gasteiger partial charge in [-0.05, 0) is 42.2 Å². The van der Waals surface area contributed by atoms with Gasteiger partial charge in [-0.3, -0.25) is 0 Å². The third kappa shape index (κ3) is 5.47. The van der Waals surface area contributed by atoms with Crippen molar-refractivity contribution < 1.29 is 26.7 Å². The number of likely N-dealkylation sites (N-methyl/N-ethyl adjacent to an activating group) is 1. The zero-order valence-electron chi connectivity index (χ0n) is 17.7. The van der Waals surface area contributed by atoms with E-state index in [1.807, 2.05) is 13.8 Å². The molecule has 2 nitrogen and oxygen atoms in total. The Bertz CT molecular complexity index is 802. The van der Waals surface area contributed by atoms with Crippen molar-refractivity contribution in [3.05, 3.63) is 65.4 Å². The van der Waals surface area contributed by atoms with Crippen molar-refractivity contribution in [1.82, 2.24) is 4.90 Å². The first-order chi connectivity index (χ1) is 13.1. The molecule has 7 heteroatoms. The number of hydrogen-bond acceptors (Lipinski definition) is 2. The topological polar surface area (TPSA) is 12.5 Å². The SMILES string of the molecule is C=C(CC(OC)(/C(=C/C(=C)C(C)(F)F)N(C)C)C(F)(F)F)c1ccc(C)c(C)c1. The van der Waals surface area contributed by atoms with Crippen LogP contribution in [0.15, 0.2) is 48.7 Å². The standard InChI is InChI=1S/C22H28F5NO/c1-14-9-10-18(11-15(14)2)16(3)13-21(29-8,22(25,26)27)19(28(6)7)12-17(4)20(5,23)24/h9-12H,3-4,13H2,1-2,5-8H3/b19-12-. The lowest BCUT2D eigenvalue weighted by Gasteiger charge is -2.40. The second kappa shape index (κ2) is 8.69. The molecule has 1 atom stereocenters. The van der Waals surface area contributed by atoms with Crippen LogP contribution in [0.5, 0.6) is 0 Å². The van der Waals surface area contributed by atoms with Crippen molar-refractivity contribution in [2.45, 2.75) is 44.9 Å². The Morgan fingerprint density at radius 1 is 1.07 bits per heavy atom. The highest BCUT2D eigenvalue weighted by molar-refractivity contribution is 5.66. The summed E-state index contributed by atoms with van der Waals surface area (Å²) in [6, 6.07) is 5.21. The summed E-state index contributed by atoms with van der Waals surface area (Å²) < 4.78 is 75.2. The molecule has 0 saturated carbocycles. The number of hydrogen-bond donors (Lipinski definition) is 0. The first kappa shape index (κ1) is 24.9. The number of rotatable bonds is 8. The highest BCUT2D eigenvalue weighted by Crippen LogP contribution is 2.46. The van der Waals surface area contributed by atoms with Crippen molar-refractivity contribution in [3.8, 4) is 0 Å². The minimum Gasteiger partial charge on any atom is -0.378 e. The Kier molecular flexibility index (Phi) is 7.46. The Morgan fingerprint density at radius 2 is 1.62 bits per heavy atom. The second-order valence-electron chi connectivity index (χ2n) is 7.45. The van der Waals surface area contributed by atoms with Gasteiger partial charge in [0.15, 0.2) is 0 Å². The summed E-state index contributed by atoms with van der Waals surface area (Å²) in [5.74, 6) is -3.38. The summed E-state index contributed by atoms with van der Waals surface area (Å²) in [7, 11) is 3.59. The van der Waals surface area contributed by atoms with Crippen LogP contribution < -0.4 is 0 Å². The molecule has 29 heavy (non-hydrogen) atoms. The van der Waals surface area contributed by atoms with Crippen LogP contribution in [0.3, 0.4) is 0 Å². The lowest BCUT2D eigenvalue weighted by molar-refractivity contribution is -0.257. The minimum absolute atomic E-state index is 0.175. The molecular weight excluding hydrogens is 389 g/mol. The molecule has 0 aromatic heterocycles. The monoisotopic (exact) mass is 417 g/mol. The Balaban J connectivity index is 3.59. The molecule has 0 aliphatic rings. The van der Waals surface area contributed by atoms with E-state index in [2.05, 4.69) is 13.2 Å². The van der Waals surface area contributed by atoms with Gasteiger partial charge in [0.2, 0.25) is 5.60 Å². The molecular formula is C22H28F5NO. The van der Waals surface area contributed by atoms with Gasteiger partial charge in [-0.25, -0.2) is 8.78 Å². The highest BCUT2D eigenvalue weighted by atomic mass is 19.4. The molecule has 0 saturated heterocycles. The maximum absolute atomic E-state index is 14.3. The van der Waals surface area contributed by atoms with Gasteiger partial charge in [0.05, 0.1) is 5.70 Å². The molecule has 0 N–H and O–H groups in total. The van der Waals surface area contributed by atoms with E-state index in [0.717, 1.165) is 29.2 Å². The third-order valence-electron chi connectivity index (χ3n) is 4.95. The first-order valence-corrected chi connectivity index (χ1v) is 8.90. The molecule has 0 fully saturated rings. The van der Waals surface area contributed by atoms with E-state index in [9.17, 15) is 22.0 Å². The molecule has 1 aromatic rings. The van der Waals surface area contributed by atoms with E-state index >= 15 is 0 Å². The predicted octanol–water partition coefficient (Wildman–Crippen LogP) is 6.31. The second-order valence-corrected chi connectivity index (χ2v) is 7.45. The Morgan fingerprint density at radius 3 is 2.00 bits per heavy atom. The quantitative estimate of drug-likeness (QED) is 0.363. The fourth-order valence-electron chi connectivity index (χ4n) is 2.89. The van der Waals surface area contributed by atoms with Crippen LogP contribution in [0.2, 0.25) is 0 Å². The number of alkyl halides is 5. The summed E-state index contributed by atoms with van der Waals surface area (Å²) in [5.41, 5.74) is -1.51. The summed E-state index contributed by atoms with van der Waals surface area (Å²) in [4.78, 5) is 1.11. The van der Waals surface area contributed by atoms with Crippen molar-refractivity contribution in [3.63, 3.8) is 0 Å². The van der Waals surface area contributed by atoms with E-state index in [0.29, 0.717) is 12.5 Å². The smallest absolute Gasteiger partial charge is 0.378 e. The normalized spacial score (nSPS) is 15.1. The molecule has 1 unspecified atom stereocenters. The molecule has 0 aliphatic heterocycles. The molecule has 0 heterocycles. The molecule has 0 bridgehead atoms. The van der Waals surface area contributed by atoms with Crippen molar-refractivity contribution >= 4 is 5.57 Å². The van der Waals surface area contributed by atoms with E-state index in [4.69, 9.17) is 4.74 Å². The van der Waals surface area contributed by atoms with Crippen LogP contribution in [0.1, 0.15) is 30.0 Å². The minimum atomic E-state index is -4.90. The van der Waals surface area contributed by atoms with Crippen LogP contribution in [0, 0.1) is 13.8 Å². The van der Waals surface area contributed by atoms with Gasteiger partial charge in [0.25, 0.3) is 5.92 Å². The molecule has 1 aromatic carbocycles. The van der Waals surface area contributed by atoms with Gasteiger partial charge >= 0.3 is 6.18 Å². The molecule has 0 aliphatic carbocycles. The van der Waals surface area contributed by atoms with Crippen LogP contribution in [0.4, 0.5) is 22.0 Å². The Hall–Kier alpha value is -2.15. The van der Waals surface area contributed by atoms with Crippen molar-refractivity contribution in [1.29, 1.82) is 0 Å². The molecule has 162 valence electrons. The number of nitrogens with zero attached hydrogens (tertiary/aromatic N) is 1. The number of allylic oxidation sites excluding steroid dienone is 2. The molecule has 1 rings (SSSR count). The largest absolute Gasteiger partial charge is 0.423 e. The Labute approximate surface area is 169 Å². The number of ether oxygens (including phenoxy) is 1. The average Bonchev–Trinajstić information content (AvgIpc) is 2.57. The van der Waals surface area contributed by atoms with Crippen molar-refractivity contribution in [2.75, 3.05) is 21.2 Å². The van der Waals surface area contributed by atoms with Crippen LogP contribution in [0.25, 0.3) is 5.57 Å². The first-order valence-electron chi connectivity index (χ1n) is 8.90. The summed E-state index contributed by atoms with van der Waals surface area (Å²) in [5, 5.41) is 0. The molecule has 0 radical (unpaired) electrons. The number of methoxy groups -OCH3 is 1. The van der Waals surface area contributed by atoms with Crippen molar-refractivity contribution in [2.24, 2.45) is 0 Å². The summed E-state index contributed by atoms with van der Waals surface area (Å²) in [6.07, 6.45) is -4.82. The van der Waals surface area contributed by atoms with Crippen LogP contribution in [-0.4, -0.2) is 43.8 Å². The number of halogens is 5. The maximum Gasteiger partial charge on any atom is 0.423 e. The van der Waals surface area contributed by atoms with Crippen LogP contribution in [-0.2, 0) is 4.74 Å². The van der Waals surface area contributed by atoms with E-state index in [1.54, 1.807) is 18.2 Å². The van der Waals surface area contributed by atoms with E-state index in [1.165, 1.54) is 14.1 Å². The molecule has 0 amide bonds. The zero-order chi connectivity index (χ0) is 22.8. The van der Waals surface area contributed by atoms with Gasteiger partial charge in [-0.2, -0.15) is 13.2 Å². The third-order valence-corrected chi connectivity index (χ3v) is 4.95. The van der Waals surface area contributed by atoms with E-state index < -0.39 is 35.4 Å². The maximum atomic E-state index is 14.3. The number of aryl methyl sites for hydroxylation is 2. The predicted molar refractivity (Wildman–Crippen MR) is 107 cm³/mol. The lowest BCUT2D eigenvalue weighted by atomic mass is 9.85. The fourth-order valence-corrected chi connectivity index (χ4v) is 2.89. The summed E-state index contributed by atoms with van der Waals surface area (Å²) in [6.45, 7) is 11.4. The van der Waals surface area contributed by atoms with Gasteiger partial charge in [-0.15, -0.1) is 0 Å². The highest BCUT2D eigenvalue weighted by Gasteiger charge is 2.59. The van der Waals surface area contributed by atoms with Crippen LogP contribution >= 0.6 is 0 Å². The average molecular weight is 417 g/mol. The van der Waals surface area contributed by atoms with Gasteiger partial charge in [-0.1, -0.05) is 31.4 Å². The van der Waals surface area contributed by atoms with E-state index in [-0.39, 0.29) is 5.57 Å². The molecule has 0 spiro atoms.